The van der Waals surface area contributed by atoms with E-state index in [4.69, 9.17) is 4.74 Å². The molecule has 0 fully saturated rings. The minimum Gasteiger partial charge on any atom is -0.492 e. The Morgan fingerprint density at radius 3 is 2.39 bits per heavy atom. The zero-order valence-electron chi connectivity index (χ0n) is 21.3. The van der Waals surface area contributed by atoms with Gasteiger partial charge in [-0.25, -0.2) is 9.18 Å². The number of carbonyl (C=O) groups is 2. The highest BCUT2D eigenvalue weighted by atomic mass is 32.1. The highest BCUT2D eigenvalue weighted by molar-refractivity contribution is 7.10. The Morgan fingerprint density at radius 2 is 1.75 bits per heavy atom. The number of hydrogen-bond donors (Lipinski definition) is 1. The lowest BCUT2D eigenvalue weighted by molar-refractivity contribution is -0.133. The van der Waals surface area contributed by atoms with E-state index >= 15 is 0 Å². The quantitative estimate of drug-likeness (QED) is 0.328. The molecule has 0 bridgehead atoms. The van der Waals surface area contributed by atoms with E-state index in [0.717, 1.165) is 16.0 Å². The summed E-state index contributed by atoms with van der Waals surface area (Å²) in [5.41, 5.74) is 2.49. The van der Waals surface area contributed by atoms with Crippen molar-refractivity contribution >= 4 is 29.0 Å². The van der Waals surface area contributed by atoms with E-state index in [1.165, 1.54) is 17.0 Å². The molecule has 0 spiro atoms. The van der Waals surface area contributed by atoms with E-state index in [1.54, 1.807) is 40.5 Å². The molecule has 8 heteroatoms. The maximum absolute atomic E-state index is 13.6. The van der Waals surface area contributed by atoms with Gasteiger partial charge in [-0.15, -0.1) is 11.3 Å². The van der Waals surface area contributed by atoms with Gasteiger partial charge in [0.1, 0.15) is 18.1 Å². The summed E-state index contributed by atoms with van der Waals surface area (Å²) in [5.74, 6) is 0.241. The summed E-state index contributed by atoms with van der Waals surface area (Å²) in [7, 11) is 0. The molecule has 1 heterocycles. The first kappa shape index (κ1) is 27.2. The predicted molar refractivity (Wildman–Crippen MR) is 143 cm³/mol. The molecule has 0 aliphatic rings. The number of amides is 3. The molecule has 0 radical (unpaired) electrons. The smallest absolute Gasteiger partial charge is 0.322 e. The Kier molecular flexibility index (Phi) is 9.87. The molecule has 0 aliphatic heterocycles. The molecule has 192 valence electrons. The number of rotatable bonds is 11. The average molecular weight is 512 g/mol. The number of nitrogens with one attached hydrogen (secondary N) is 1. The van der Waals surface area contributed by atoms with Gasteiger partial charge in [0.15, 0.2) is 0 Å². The van der Waals surface area contributed by atoms with Crippen LogP contribution in [0.5, 0.6) is 5.75 Å². The normalized spacial score (nSPS) is 10.8. The number of urea groups is 1. The van der Waals surface area contributed by atoms with Crippen molar-refractivity contribution in [1.82, 2.24) is 9.80 Å². The third-order valence-electron chi connectivity index (χ3n) is 5.57. The van der Waals surface area contributed by atoms with E-state index < -0.39 is 0 Å². The van der Waals surface area contributed by atoms with Crippen LogP contribution in [0, 0.1) is 18.7 Å². The van der Waals surface area contributed by atoms with Crippen LogP contribution in [0.4, 0.5) is 14.9 Å². The topological polar surface area (TPSA) is 61.9 Å². The molecule has 2 aromatic carbocycles. The molecular formula is C28H34FN3O3S. The summed E-state index contributed by atoms with van der Waals surface area (Å²) >= 11 is 1.59. The maximum atomic E-state index is 13.6. The number of thiophene rings is 1. The van der Waals surface area contributed by atoms with Crippen molar-refractivity contribution in [3.8, 4) is 5.75 Å². The molecule has 0 atom stereocenters. The monoisotopic (exact) mass is 511 g/mol. The molecule has 3 rings (SSSR count). The number of nitrogens with zero attached hydrogens (tertiary/aromatic N) is 2. The summed E-state index contributed by atoms with van der Waals surface area (Å²) in [6, 6.07) is 15.0. The van der Waals surface area contributed by atoms with Gasteiger partial charge in [-0.2, -0.15) is 0 Å². The summed E-state index contributed by atoms with van der Waals surface area (Å²) in [6.07, 6.45) is 0. The second-order valence-electron chi connectivity index (χ2n) is 9.04. The molecule has 0 saturated heterocycles. The van der Waals surface area contributed by atoms with Gasteiger partial charge in [-0.3, -0.25) is 4.79 Å². The predicted octanol–water partition coefficient (Wildman–Crippen LogP) is 6.31. The Bertz CT molecular complexity index is 1150. The van der Waals surface area contributed by atoms with Gasteiger partial charge in [-0.05, 0) is 66.6 Å². The molecule has 3 amide bonds. The summed E-state index contributed by atoms with van der Waals surface area (Å²) in [6.45, 7) is 9.46. The van der Waals surface area contributed by atoms with Gasteiger partial charge >= 0.3 is 6.03 Å². The number of aryl methyl sites for hydroxylation is 1. The fourth-order valence-electron chi connectivity index (χ4n) is 3.75. The summed E-state index contributed by atoms with van der Waals surface area (Å²) in [4.78, 5) is 31.2. The largest absolute Gasteiger partial charge is 0.492 e. The first-order valence-electron chi connectivity index (χ1n) is 12.1. The number of para-hydroxylation sites is 2. The molecule has 1 aromatic heterocycles. The van der Waals surface area contributed by atoms with Crippen molar-refractivity contribution in [2.45, 2.75) is 40.8 Å². The summed E-state index contributed by atoms with van der Waals surface area (Å²) < 4.78 is 19.1. The summed E-state index contributed by atoms with van der Waals surface area (Å²) in [5, 5.41) is 4.91. The standard InChI is InChI=1S/C28H34FN3O3S/c1-5-35-25-9-7-6-8-24(25)30-28(34)32(16-20(2)3)19-27(33)31(18-26-21(4)14-15-36-26)17-22-10-12-23(29)13-11-22/h6-15,20H,5,16-19H2,1-4H3,(H,30,34). The SMILES string of the molecule is CCOc1ccccc1NC(=O)N(CC(=O)N(Cc1ccc(F)cc1)Cc1sccc1C)CC(C)C. The van der Waals surface area contributed by atoms with E-state index in [-0.39, 0.29) is 30.2 Å². The molecule has 36 heavy (non-hydrogen) atoms. The number of anilines is 1. The van der Waals surface area contributed by atoms with Crippen molar-refractivity contribution in [1.29, 1.82) is 0 Å². The van der Waals surface area contributed by atoms with Gasteiger partial charge in [0.05, 0.1) is 18.8 Å². The lowest BCUT2D eigenvalue weighted by atomic mass is 10.2. The molecule has 0 saturated carbocycles. The van der Waals surface area contributed by atoms with Crippen molar-refractivity contribution in [2.75, 3.05) is 25.0 Å². The number of benzene rings is 2. The minimum atomic E-state index is -0.363. The van der Waals surface area contributed by atoms with Gasteiger partial charge in [0.2, 0.25) is 5.91 Å². The van der Waals surface area contributed by atoms with Gasteiger partial charge in [0, 0.05) is 18.0 Å². The fraction of sp³-hybridized carbons (Fsp3) is 0.357. The Labute approximate surface area is 216 Å². The Hall–Kier alpha value is -3.39. The van der Waals surface area contributed by atoms with E-state index in [1.807, 2.05) is 51.3 Å². The van der Waals surface area contributed by atoms with Crippen LogP contribution in [-0.2, 0) is 17.9 Å². The second-order valence-corrected chi connectivity index (χ2v) is 10.0. The van der Waals surface area contributed by atoms with Crippen LogP contribution >= 0.6 is 11.3 Å². The van der Waals surface area contributed by atoms with E-state index in [2.05, 4.69) is 5.32 Å². The maximum Gasteiger partial charge on any atom is 0.322 e. The van der Waals surface area contributed by atoms with Crippen molar-refractivity contribution < 1.29 is 18.7 Å². The third kappa shape index (κ3) is 7.81. The Balaban J connectivity index is 1.80. The lowest BCUT2D eigenvalue weighted by Gasteiger charge is -2.29. The molecular weight excluding hydrogens is 477 g/mol. The number of halogens is 1. The second kappa shape index (κ2) is 13.1. The molecule has 0 unspecified atom stereocenters. The zero-order chi connectivity index (χ0) is 26.1. The minimum absolute atomic E-state index is 0.0770. The van der Waals surface area contributed by atoms with Crippen molar-refractivity contribution in [3.05, 3.63) is 81.8 Å². The zero-order valence-corrected chi connectivity index (χ0v) is 22.1. The van der Waals surface area contributed by atoms with Gasteiger partial charge in [-0.1, -0.05) is 38.1 Å². The number of hydrogen-bond acceptors (Lipinski definition) is 4. The first-order valence-corrected chi connectivity index (χ1v) is 13.0. The fourth-order valence-corrected chi connectivity index (χ4v) is 4.67. The van der Waals surface area contributed by atoms with Crippen LogP contribution in [0.1, 0.15) is 36.8 Å². The van der Waals surface area contributed by atoms with Crippen LogP contribution in [-0.4, -0.2) is 41.4 Å². The average Bonchev–Trinajstić information content (AvgIpc) is 3.25. The molecule has 1 N–H and O–H groups in total. The first-order chi connectivity index (χ1) is 17.3. The van der Waals surface area contributed by atoms with Crippen molar-refractivity contribution in [3.63, 3.8) is 0 Å². The van der Waals surface area contributed by atoms with Crippen LogP contribution in [0.3, 0.4) is 0 Å². The van der Waals surface area contributed by atoms with E-state index in [0.29, 0.717) is 37.7 Å². The van der Waals surface area contributed by atoms with Crippen LogP contribution in [0.25, 0.3) is 0 Å². The van der Waals surface area contributed by atoms with Gasteiger partial charge < -0.3 is 19.9 Å². The third-order valence-corrected chi connectivity index (χ3v) is 6.58. The van der Waals surface area contributed by atoms with E-state index in [9.17, 15) is 14.0 Å². The van der Waals surface area contributed by atoms with Gasteiger partial charge in [0.25, 0.3) is 0 Å². The number of carbonyl (C=O) groups excluding carboxylic acids is 2. The van der Waals surface area contributed by atoms with Crippen molar-refractivity contribution in [2.24, 2.45) is 5.92 Å². The number of ether oxygens (including phenoxy) is 1. The lowest BCUT2D eigenvalue weighted by Crippen LogP contribution is -2.45. The molecule has 6 nitrogen and oxygen atoms in total. The van der Waals surface area contributed by atoms with Crippen LogP contribution < -0.4 is 10.1 Å². The highest BCUT2D eigenvalue weighted by Gasteiger charge is 2.24. The molecule has 0 aliphatic carbocycles. The van der Waals surface area contributed by atoms with Crippen LogP contribution in [0.15, 0.2) is 60.0 Å². The Morgan fingerprint density at radius 1 is 1.03 bits per heavy atom. The highest BCUT2D eigenvalue weighted by Crippen LogP contribution is 2.24. The van der Waals surface area contributed by atoms with Crippen LogP contribution in [0.2, 0.25) is 0 Å². The molecule has 3 aromatic rings.